The van der Waals surface area contributed by atoms with E-state index in [0.717, 1.165) is 60.5 Å². The standard InChI is InChI=1S/C30H37N3O2S/c1-23(2)19-26-22-33(25-15-9-5-10-16-25)29-21-28(32-17-11-6-12-18-32)27(24-13-7-4-8-14-24)20-30(29)36(34,35)31(26)3/h4-5,7-10,13-16,20-21,23,26H,6,11-12,17-19,22H2,1-3H3. The molecule has 190 valence electrons. The molecule has 2 aliphatic heterocycles. The lowest BCUT2D eigenvalue weighted by Crippen LogP contribution is -2.41. The van der Waals surface area contributed by atoms with Crippen LogP contribution < -0.4 is 9.80 Å². The van der Waals surface area contributed by atoms with E-state index in [1.54, 1.807) is 11.4 Å². The molecule has 5 rings (SSSR count). The molecule has 0 aromatic heterocycles. The van der Waals surface area contributed by atoms with Crippen molar-refractivity contribution >= 4 is 27.1 Å². The Labute approximate surface area is 216 Å². The van der Waals surface area contributed by atoms with Gasteiger partial charge in [0.1, 0.15) is 4.90 Å². The first-order valence-corrected chi connectivity index (χ1v) is 14.6. The molecule has 0 saturated carbocycles. The van der Waals surface area contributed by atoms with Gasteiger partial charge in [0.2, 0.25) is 10.0 Å². The summed E-state index contributed by atoms with van der Waals surface area (Å²) < 4.78 is 29.9. The van der Waals surface area contributed by atoms with Gasteiger partial charge in [0.05, 0.1) is 5.69 Å². The predicted molar refractivity (Wildman–Crippen MR) is 150 cm³/mol. The van der Waals surface area contributed by atoms with Crippen LogP contribution in [-0.2, 0) is 10.0 Å². The number of anilines is 3. The summed E-state index contributed by atoms with van der Waals surface area (Å²) in [7, 11) is -1.95. The number of hydrogen-bond donors (Lipinski definition) is 0. The minimum atomic E-state index is -3.70. The molecule has 0 N–H and O–H groups in total. The van der Waals surface area contributed by atoms with Crippen LogP contribution in [0.5, 0.6) is 0 Å². The minimum absolute atomic E-state index is 0.124. The third kappa shape index (κ3) is 4.76. The van der Waals surface area contributed by atoms with Crippen LogP contribution in [0.3, 0.4) is 0 Å². The first-order valence-electron chi connectivity index (χ1n) is 13.2. The zero-order valence-corrected chi connectivity index (χ0v) is 22.4. The van der Waals surface area contributed by atoms with Gasteiger partial charge in [-0.2, -0.15) is 4.31 Å². The number of hydrogen-bond acceptors (Lipinski definition) is 4. The molecular weight excluding hydrogens is 466 g/mol. The number of benzene rings is 3. The Kier molecular flexibility index (Phi) is 7.09. The first kappa shape index (κ1) is 24.8. The summed E-state index contributed by atoms with van der Waals surface area (Å²) in [6, 6.07) is 24.4. The number of fused-ring (bicyclic) bond motifs is 1. The van der Waals surface area contributed by atoms with Gasteiger partial charge in [0.25, 0.3) is 0 Å². The molecular formula is C30H37N3O2S. The molecule has 1 saturated heterocycles. The monoisotopic (exact) mass is 503 g/mol. The summed E-state index contributed by atoms with van der Waals surface area (Å²) >= 11 is 0. The van der Waals surface area contributed by atoms with E-state index in [-0.39, 0.29) is 6.04 Å². The maximum atomic E-state index is 14.1. The van der Waals surface area contributed by atoms with Gasteiger partial charge in [-0.15, -0.1) is 0 Å². The maximum Gasteiger partial charge on any atom is 0.245 e. The van der Waals surface area contributed by atoms with E-state index in [4.69, 9.17) is 0 Å². The molecule has 36 heavy (non-hydrogen) atoms. The van der Waals surface area contributed by atoms with Crippen molar-refractivity contribution in [1.29, 1.82) is 0 Å². The fourth-order valence-electron chi connectivity index (χ4n) is 5.62. The zero-order chi connectivity index (χ0) is 25.3. The largest absolute Gasteiger partial charge is 0.371 e. The molecule has 3 aromatic carbocycles. The number of likely N-dealkylation sites (N-methyl/N-ethyl adjacent to an activating group) is 1. The van der Waals surface area contributed by atoms with Crippen molar-refractivity contribution in [3.63, 3.8) is 0 Å². The summed E-state index contributed by atoms with van der Waals surface area (Å²) in [5, 5.41) is 0. The Morgan fingerprint density at radius 1 is 0.861 bits per heavy atom. The molecule has 0 radical (unpaired) electrons. The van der Waals surface area contributed by atoms with Crippen molar-refractivity contribution < 1.29 is 8.42 Å². The predicted octanol–water partition coefficient (Wildman–Crippen LogP) is 6.53. The summed E-state index contributed by atoms with van der Waals surface area (Å²) in [5.74, 6) is 0.385. The Bertz CT molecular complexity index is 1290. The molecule has 0 spiro atoms. The highest BCUT2D eigenvalue weighted by atomic mass is 32.2. The number of sulfonamides is 1. The molecule has 3 aromatic rings. The zero-order valence-electron chi connectivity index (χ0n) is 21.6. The molecule has 0 bridgehead atoms. The van der Waals surface area contributed by atoms with Gasteiger partial charge in [-0.1, -0.05) is 62.4 Å². The fourth-order valence-corrected chi connectivity index (χ4v) is 7.17. The van der Waals surface area contributed by atoms with Crippen LogP contribution in [-0.4, -0.2) is 45.4 Å². The molecule has 1 unspecified atom stereocenters. The lowest BCUT2D eigenvalue weighted by molar-refractivity contribution is 0.326. The van der Waals surface area contributed by atoms with Crippen LogP contribution in [0.4, 0.5) is 17.1 Å². The molecule has 5 nitrogen and oxygen atoms in total. The van der Waals surface area contributed by atoms with Gasteiger partial charge in [0, 0.05) is 49.7 Å². The van der Waals surface area contributed by atoms with Crippen molar-refractivity contribution in [2.24, 2.45) is 5.92 Å². The molecule has 1 atom stereocenters. The SMILES string of the molecule is CC(C)CC1CN(c2ccccc2)c2cc(N3CCCCC3)c(-c3ccccc3)cc2S(=O)(=O)N1C. The van der Waals surface area contributed by atoms with Crippen LogP contribution in [0.2, 0.25) is 0 Å². The van der Waals surface area contributed by atoms with E-state index in [2.05, 4.69) is 54.0 Å². The van der Waals surface area contributed by atoms with Crippen molar-refractivity contribution in [3.8, 4) is 11.1 Å². The second-order valence-corrected chi connectivity index (χ2v) is 12.5. The fraction of sp³-hybridized carbons (Fsp3) is 0.400. The Hall–Kier alpha value is -2.83. The van der Waals surface area contributed by atoms with E-state index in [1.807, 2.05) is 42.5 Å². The summed E-state index contributed by atoms with van der Waals surface area (Å²) in [4.78, 5) is 5.06. The molecule has 2 heterocycles. The Morgan fingerprint density at radius 3 is 2.14 bits per heavy atom. The first-order chi connectivity index (χ1) is 17.4. The van der Waals surface area contributed by atoms with Gasteiger partial charge in [0.15, 0.2) is 0 Å². The van der Waals surface area contributed by atoms with E-state index < -0.39 is 10.0 Å². The highest BCUT2D eigenvalue weighted by Gasteiger charge is 2.38. The van der Waals surface area contributed by atoms with Crippen LogP contribution in [0.25, 0.3) is 11.1 Å². The van der Waals surface area contributed by atoms with Crippen LogP contribution >= 0.6 is 0 Å². The highest BCUT2D eigenvalue weighted by molar-refractivity contribution is 7.89. The summed E-state index contributed by atoms with van der Waals surface area (Å²) in [6.45, 7) is 6.93. The van der Waals surface area contributed by atoms with Crippen molar-refractivity contribution in [1.82, 2.24) is 4.31 Å². The van der Waals surface area contributed by atoms with Crippen molar-refractivity contribution in [3.05, 3.63) is 72.8 Å². The third-order valence-electron chi connectivity index (χ3n) is 7.53. The van der Waals surface area contributed by atoms with Crippen LogP contribution in [0.1, 0.15) is 39.5 Å². The number of nitrogens with zero attached hydrogens (tertiary/aromatic N) is 3. The number of para-hydroxylation sites is 1. The maximum absolute atomic E-state index is 14.1. The van der Waals surface area contributed by atoms with Gasteiger partial charge in [-0.25, -0.2) is 8.42 Å². The average molecular weight is 504 g/mol. The second-order valence-electron chi connectivity index (χ2n) is 10.5. The topological polar surface area (TPSA) is 43.9 Å². The van der Waals surface area contributed by atoms with E-state index in [0.29, 0.717) is 17.4 Å². The summed E-state index contributed by atoms with van der Waals surface area (Å²) in [6.07, 6.45) is 4.36. The van der Waals surface area contributed by atoms with Gasteiger partial charge in [-0.3, -0.25) is 0 Å². The molecule has 6 heteroatoms. The minimum Gasteiger partial charge on any atom is -0.371 e. The molecule has 1 fully saturated rings. The van der Waals surface area contributed by atoms with Crippen molar-refractivity contribution in [2.75, 3.05) is 36.5 Å². The quantitative estimate of drug-likeness (QED) is 0.397. The van der Waals surface area contributed by atoms with Gasteiger partial charge < -0.3 is 9.80 Å². The van der Waals surface area contributed by atoms with Crippen LogP contribution in [0.15, 0.2) is 77.7 Å². The van der Waals surface area contributed by atoms with Gasteiger partial charge in [-0.05, 0) is 61.4 Å². The average Bonchev–Trinajstić information content (AvgIpc) is 2.98. The molecule has 2 aliphatic rings. The number of piperidine rings is 1. The van der Waals surface area contributed by atoms with E-state index in [9.17, 15) is 8.42 Å². The molecule has 0 amide bonds. The molecule has 0 aliphatic carbocycles. The lowest BCUT2D eigenvalue weighted by Gasteiger charge is -2.33. The highest BCUT2D eigenvalue weighted by Crippen LogP contribution is 2.44. The smallest absolute Gasteiger partial charge is 0.245 e. The lowest BCUT2D eigenvalue weighted by atomic mass is 9.99. The number of rotatable bonds is 5. The summed E-state index contributed by atoms with van der Waals surface area (Å²) in [5.41, 5.74) is 4.96. The normalized spacial score (nSPS) is 20.3. The Balaban J connectivity index is 1.77. The van der Waals surface area contributed by atoms with E-state index in [1.165, 1.54) is 6.42 Å². The third-order valence-corrected chi connectivity index (χ3v) is 9.46. The Morgan fingerprint density at radius 2 is 1.50 bits per heavy atom. The van der Waals surface area contributed by atoms with Gasteiger partial charge >= 0.3 is 0 Å². The second kappa shape index (κ2) is 10.3. The van der Waals surface area contributed by atoms with Crippen molar-refractivity contribution in [2.45, 2.75) is 50.5 Å². The van der Waals surface area contributed by atoms with Crippen LogP contribution in [0, 0.1) is 5.92 Å². The van der Waals surface area contributed by atoms with E-state index >= 15 is 0 Å².